The smallest absolute Gasteiger partial charge is 0.120 e. The summed E-state index contributed by atoms with van der Waals surface area (Å²) in [5, 5.41) is 3.56. The summed E-state index contributed by atoms with van der Waals surface area (Å²) in [6.45, 7) is 8.34. The molecule has 0 aromatic heterocycles. The molecule has 21 heavy (non-hydrogen) atoms. The van der Waals surface area contributed by atoms with Gasteiger partial charge in [0, 0.05) is 16.2 Å². The lowest BCUT2D eigenvalue weighted by atomic mass is 10.1. The maximum absolute atomic E-state index is 5.72. The maximum Gasteiger partial charge on any atom is 0.120 e. The van der Waals surface area contributed by atoms with Crippen LogP contribution < -0.4 is 10.1 Å². The average molecular weight is 348 g/mol. The lowest BCUT2D eigenvalue weighted by molar-refractivity contribution is 0.242. The fraction of sp³-hybridized carbons (Fsp3) is 0.333. The SMILES string of the molecule is Cc1cc(OC(C)C)ccc1NC(C)c1cccc(Br)c1. The van der Waals surface area contributed by atoms with Crippen LogP contribution in [0.1, 0.15) is 37.9 Å². The van der Waals surface area contributed by atoms with E-state index < -0.39 is 0 Å². The molecule has 0 aliphatic carbocycles. The fourth-order valence-electron chi connectivity index (χ4n) is 2.24. The second-order valence-electron chi connectivity index (χ2n) is 5.56. The van der Waals surface area contributed by atoms with Crippen molar-refractivity contribution >= 4 is 21.6 Å². The van der Waals surface area contributed by atoms with E-state index in [1.165, 1.54) is 11.1 Å². The molecule has 0 aliphatic heterocycles. The van der Waals surface area contributed by atoms with Crippen LogP contribution in [0, 0.1) is 6.92 Å². The first-order chi connectivity index (χ1) is 9.95. The van der Waals surface area contributed by atoms with Crippen LogP contribution >= 0.6 is 15.9 Å². The summed E-state index contributed by atoms with van der Waals surface area (Å²) in [6.07, 6.45) is 0.198. The first-order valence-corrected chi connectivity index (χ1v) is 8.04. The lowest BCUT2D eigenvalue weighted by Gasteiger charge is -2.19. The third kappa shape index (κ3) is 4.50. The Morgan fingerprint density at radius 1 is 1.05 bits per heavy atom. The minimum absolute atomic E-state index is 0.198. The molecule has 0 aliphatic rings. The molecule has 2 nitrogen and oxygen atoms in total. The standard InChI is InChI=1S/C18H22BrNO/c1-12(2)21-17-8-9-18(13(3)10-17)20-14(4)15-6-5-7-16(19)11-15/h5-12,14,20H,1-4H3. The van der Waals surface area contributed by atoms with Crippen molar-refractivity contribution in [1.82, 2.24) is 0 Å². The zero-order chi connectivity index (χ0) is 15.4. The molecule has 0 fully saturated rings. The molecule has 1 N–H and O–H groups in total. The van der Waals surface area contributed by atoms with Crippen molar-refractivity contribution in [2.45, 2.75) is 39.8 Å². The monoisotopic (exact) mass is 347 g/mol. The number of rotatable bonds is 5. The van der Waals surface area contributed by atoms with Crippen LogP contribution in [-0.4, -0.2) is 6.10 Å². The van der Waals surface area contributed by atoms with Crippen LogP contribution in [0.2, 0.25) is 0 Å². The van der Waals surface area contributed by atoms with Crippen LogP contribution in [0.3, 0.4) is 0 Å². The van der Waals surface area contributed by atoms with E-state index in [0.29, 0.717) is 0 Å². The first-order valence-electron chi connectivity index (χ1n) is 7.25. The molecule has 0 radical (unpaired) electrons. The van der Waals surface area contributed by atoms with E-state index in [1.807, 2.05) is 26.0 Å². The Morgan fingerprint density at radius 3 is 2.43 bits per heavy atom. The summed E-state index contributed by atoms with van der Waals surface area (Å²) in [5.74, 6) is 0.920. The zero-order valence-electron chi connectivity index (χ0n) is 13.0. The predicted octanol–water partition coefficient (Wildman–Crippen LogP) is 5.72. The average Bonchev–Trinajstić information content (AvgIpc) is 2.41. The Bertz CT molecular complexity index is 610. The number of halogens is 1. The van der Waals surface area contributed by atoms with Gasteiger partial charge in [0.1, 0.15) is 5.75 Å². The number of hydrogen-bond acceptors (Lipinski definition) is 2. The van der Waals surface area contributed by atoms with E-state index in [9.17, 15) is 0 Å². The van der Waals surface area contributed by atoms with Gasteiger partial charge in [0.15, 0.2) is 0 Å². The van der Waals surface area contributed by atoms with Gasteiger partial charge in [-0.15, -0.1) is 0 Å². The first kappa shape index (κ1) is 15.9. The minimum atomic E-state index is 0.198. The topological polar surface area (TPSA) is 21.3 Å². The molecule has 2 aromatic rings. The van der Waals surface area contributed by atoms with Gasteiger partial charge in [-0.3, -0.25) is 0 Å². The highest BCUT2D eigenvalue weighted by molar-refractivity contribution is 9.10. The lowest BCUT2D eigenvalue weighted by Crippen LogP contribution is -2.09. The van der Waals surface area contributed by atoms with E-state index in [-0.39, 0.29) is 12.1 Å². The van der Waals surface area contributed by atoms with E-state index in [4.69, 9.17) is 4.74 Å². The Labute approximate surface area is 135 Å². The molecule has 2 aromatic carbocycles. The van der Waals surface area contributed by atoms with Crippen molar-refractivity contribution in [3.05, 3.63) is 58.1 Å². The fourth-order valence-corrected chi connectivity index (χ4v) is 2.65. The number of anilines is 1. The van der Waals surface area contributed by atoms with Gasteiger partial charge in [-0.1, -0.05) is 28.1 Å². The molecule has 1 unspecified atom stereocenters. The largest absolute Gasteiger partial charge is 0.491 e. The van der Waals surface area contributed by atoms with Crippen molar-refractivity contribution in [1.29, 1.82) is 0 Å². The quantitative estimate of drug-likeness (QED) is 0.746. The van der Waals surface area contributed by atoms with Gasteiger partial charge in [0.2, 0.25) is 0 Å². The van der Waals surface area contributed by atoms with Crippen LogP contribution in [0.15, 0.2) is 46.9 Å². The van der Waals surface area contributed by atoms with Gasteiger partial charge in [-0.25, -0.2) is 0 Å². The molecule has 3 heteroatoms. The zero-order valence-corrected chi connectivity index (χ0v) is 14.6. The summed E-state index contributed by atoms with van der Waals surface area (Å²) >= 11 is 3.52. The normalized spacial score (nSPS) is 12.3. The number of hydrogen-bond donors (Lipinski definition) is 1. The van der Waals surface area contributed by atoms with Crippen molar-refractivity contribution in [2.24, 2.45) is 0 Å². The second kappa shape index (κ2) is 6.99. The van der Waals surface area contributed by atoms with Crippen LogP contribution in [-0.2, 0) is 0 Å². The van der Waals surface area contributed by atoms with Crippen LogP contribution in [0.5, 0.6) is 5.75 Å². The van der Waals surface area contributed by atoms with Crippen molar-refractivity contribution in [3.8, 4) is 5.75 Å². The second-order valence-corrected chi connectivity index (χ2v) is 6.48. The Kier molecular flexibility index (Phi) is 5.29. The Hall–Kier alpha value is -1.48. The van der Waals surface area contributed by atoms with E-state index in [1.54, 1.807) is 0 Å². The third-order valence-electron chi connectivity index (χ3n) is 3.29. The van der Waals surface area contributed by atoms with E-state index >= 15 is 0 Å². The van der Waals surface area contributed by atoms with Crippen molar-refractivity contribution < 1.29 is 4.74 Å². The molecule has 0 bridgehead atoms. The maximum atomic E-state index is 5.72. The van der Waals surface area contributed by atoms with Crippen molar-refractivity contribution in [2.75, 3.05) is 5.32 Å². The Morgan fingerprint density at radius 2 is 1.81 bits per heavy atom. The molecule has 0 amide bonds. The molecule has 112 valence electrons. The molecular weight excluding hydrogens is 326 g/mol. The highest BCUT2D eigenvalue weighted by Crippen LogP contribution is 2.27. The summed E-state index contributed by atoms with van der Waals surface area (Å²) < 4.78 is 6.82. The highest BCUT2D eigenvalue weighted by atomic mass is 79.9. The van der Waals surface area contributed by atoms with Gasteiger partial charge in [-0.05, 0) is 69.2 Å². The predicted molar refractivity (Wildman–Crippen MR) is 93.1 cm³/mol. The molecule has 0 saturated carbocycles. The van der Waals surface area contributed by atoms with Crippen molar-refractivity contribution in [3.63, 3.8) is 0 Å². The number of ether oxygens (including phenoxy) is 1. The number of benzene rings is 2. The van der Waals surface area contributed by atoms with E-state index in [0.717, 1.165) is 15.9 Å². The number of nitrogens with one attached hydrogen (secondary N) is 1. The molecule has 1 atom stereocenters. The Balaban J connectivity index is 2.12. The third-order valence-corrected chi connectivity index (χ3v) is 3.78. The summed E-state index contributed by atoms with van der Waals surface area (Å²) in [6, 6.07) is 14.8. The summed E-state index contributed by atoms with van der Waals surface area (Å²) in [5.41, 5.74) is 3.58. The molecule has 2 rings (SSSR count). The van der Waals surface area contributed by atoms with Gasteiger partial charge < -0.3 is 10.1 Å². The van der Waals surface area contributed by atoms with Gasteiger partial charge in [0.05, 0.1) is 6.10 Å². The summed E-state index contributed by atoms with van der Waals surface area (Å²) in [4.78, 5) is 0. The molecule has 0 spiro atoms. The van der Waals surface area contributed by atoms with Gasteiger partial charge >= 0.3 is 0 Å². The number of aryl methyl sites for hydroxylation is 1. The summed E-state index contributed by atoms with van der Waals surface area (Å²) in [7, 11) is 0. The van der Waals surface area contributed by atoms with Crippen LogP contribution in [0.25, 0.3) is 0 Å². The van der Waals surface area contributed by atoms with Gasteiger partial charge in [0.25, 0.3) is 0 Å². The van der Waals surface area contributed by atoms with Gasteiger partial charge in [-0.2, -0.15) is 0 Å². The van der Waals surface area contributed by atoms with Crippen LogP contribution in [0.4, 0.5) is 5.69 Å². The molecule has 0 saturated heterocycles. The molecular formula is C18H22BrNO. The minimum Gasteiger partial charge on any atom is -0.491 e. The van der Waals surface area contributed by atoms with E-state index in [2.05, 4.69) is 65.4 Å². The highest BCUT2D eigenvalue weighted by Gasteiger charge is 2.08. The molecule has 0 heterocycles.